The topological polar surface area (TPSA) is 853 Å². The molecule has 6 aliphatic heterocycles. The summed E-state index contributed by atoms with van der Waals surface area (Å²) in [6, 6.07) is -7.37. The van der Waals surface area contributed by atoms with Crippen molar-refractivity contribution in [1.29, 1.82) is 0 Å². The number of unbranched alkanes of at least 4 members (excludes halogenated alkanes) is 2. The van der Waals surface area contributed by atoms with Gasteiger partial charge in [-0.25, -0.2) is 55.2 Å². The quantitative estimate of drug-likeness (QED) is 0.0121. The van der Waals surface area contributed by atoms with Gasteiger partial charge in [0.05, 0.1) is 37.7 Å². The second-order valence-corrected chi connectivity index (χ2v) is 29.3. The molecule has 30 atom stereocenters. The van der Waals surface area contributed by atoms with Crippen molar-refractivity contribution in [2.75, 3.05) is 26.4 Å². The molecule has 69 heteroatoms. The van der Waals surface area contributed by atoms with Crippen LogP contribution in [0.4, 0.5) is 0 Å². The van der Waals surface area contributed by atoms with Crippen LogP contribution in [0.2, 0.25) is 0 Å². The molecule has 0 unspecified atom stereocenters. The number of carbonyl (C=O) groups excluding carboxylic acids is 5. The summed E-state index contributed by atoms with van der Waals surface area (Å²) in [6.07, 6.45) is -75.2. The average molecular weight is 1860 g/mol. The van der Waals surface area contributed by atoms with Crippen LogP contribution in [-0.2, 0) is 164 Å². The van der Waals surface area contributed by atoms with Crippen LogP contribution >= 0.6 is 0 Å². The first-order valence-electron chi connectivity index (χ1n) is 29.4. The van der Waals surface area contributed by atoms with Crippen LogP contribution in [0.3, 0.4) is 0 Å². The molecule has 0 saturated carbocycles. The molecular formula is C45H64N3Na9O51S6. The Kier molecular flexibility index (Phi) is 59.0. The van der Waals surface area contributed by atoms with Crippen LogP contribution in [0.5, 0.6) is 0 Å². The molecule has 610 valence electrons. The van der Waals surface area contributed by atoms with E-state index < -0.39 is 296 Å². The van der Waals surface area contributed by atoms with Gasteiger partial charge in [0.1, 0.15) is 134 Å². The molecule has 6 saturated heterocycles. The predicted octanol–water partition coefficient (Wildman–Crippen LogP) is -45.8. The normalized spacial score (nSPS) is 35.9. The van der Waals surface area contributed by atoms with E-state index in [1.54, 1.807) is 6.92 Å². The maximum absolute atomic E-state index is 13.1. The zero-order valence-corrected chi connectivity index (χ0v) is 84.8. The van der Waals surface area contributed by atoms with E-state index in [4.69, 9.17) is 56.8 Å². The molecule has 0 aromatic rings. The summed E-state index contributed by atoms with van der Waals surface area (Å²) >= 11 is 0. The van der Waals surface area contributed by atoms with Gasteiger partial charge >= 0.3 is 266 Å². The molecule has 0 aliphatic carbocycles. The Hall–Kier alpha value is 4.77. The number of rotatable bonds is 35. The summed E-state index contributed by atoms with van der Waals surface area (Å²) < 4.78 is 303. The first-order chi connectivity index (χ1) is 48.2. The number of amides is 2. The summed E-state index contributed by atoms with van der Waals surface area (Å²) in [4.78, 5) is 62.8. The monoisotopic (exact) mass is 1860 g/mol. The van der Waals surface area contributed by atoms with Crippen LogP contribution in [0.1, 0.15) is 40.0 Å². The first kappa shape index (κ1) is 125. The minimum absolute atomic E-state index is 0. The predicted molar refractivity (Wildman–Crippen MR) is 293 cm³/mol. The standard InChI is InChI=1S/C45H73N3O51S6.9Na/c1-4-5-6-7-83-40-16(46-11(2)49)19(51)27(13(87-40)8-84-101(68,69)70)90-43-25(57)24(56)30(35(96-43)38(61)62)93-42-18(48-100(65,66)67)21(53)29(15(89-42)10-86-103(74,75)76)92-45-34(99-105(80,81)82)26(58)31(36(97-45)39(63)64)94-41-17(47-12(3)50)20(52)28(14(88-41)9-85-102(71,72)73)91-44-33(98-104(77,78)79)23(55)22(54)32(95-44)37(59)60;;;;;;;;;/h13-36,40-45,48,51-58H,4-10H2,1-3H3,(H,46,49)(H,47,50)(H,59,60)(H,61,62)(H,63,64)(H,65,66,67)(H,68,69,70)(H,71,72,73)(H,74,75,76)(H,77,78,79)(H,80,81,82);;;;;;;;;/q;9*+1/p-9/t13-,14-,15-,16-,17-,18-,19-,20-,21-,22+,23+,24-,25-,26+,27-,28-,29-,30+,31+,32-,33-,34-,35-,36-,40+,41-,42-,43-,44-,45-;;;;;;;;;/m1........./s1. The molecule has 0 radical (unpaired) electrons. The van der Waals surface area contributed by atoms with Crippen molar-refractivity contribution >= 4 is 92.0 Å². The van der Waals surface area contributed by atoms with Gasteiger partial charge in [0, 0.05) is 20.5 Å². The number of aliphatic hydroxyl groups excluding tert-OH is 8. The van der Waals surface area contributed by atoms with Gasteiger partial charge in [-0.15, -0.1) is 0 Å². The van der Waals surface area contributed by atoms with Gasteiger partial charge in [0.25, 0.3) is 0 Å². The van der Waals surface area contributed by atoms with Gasteiger partial charge in [-0.3, -0.25) is 30.5 Å². The Morgan fingerprint density at radius 3 is 1.01 bits per heavy atom. The number of hydrogen-bond acceptors (Lipinski definition) is 51. The number of hydrogen-bond donors (Lipinski definition) is 11. The van der Waals surface area contributed by atoms with E-state index in [-0.39, 0.29) is 273 Å². The molecule has 114 heavy (non-hydrogen) atoms. The van der Waals surface area contributed by atoms with Crippen LogP contribution < -0.4 is 297 Å². The SMILES string of the molecule is CCCCCO[C@H]1O[C@H](COS(=O)(=O)[O-])[C@@H](O[C@@H]2O[C@@H](C(=O)[O-])[C@@H](O[C@H]3O[C@H](COS(=O)(=O)[O-])[C@@H](O[C@@H]4O[C@@H](C(=O)[O-])[C@@H](O[C@H]5O[C@H](COS(=O)(=O)[O-])[C@@H](O[C@@H]6O[C@@H](C(=O)[O-])[C@@H](O)[C@H](O)[C@H]6OS(=O)(=O)[O-])[C@H](O)[C@H]5NC(C)=O)[C@H](O)[C@H]4OS(=O)(=O)[O-])[C@H](O)[C@H]3NS(=O)(=O)[O-])[C@H](O)[C@H]2O)[C@H](O)[C@H]1NC(C)=O.[Na+].[Na+].[Na+].[Na+].[Na+].[Na+].[Na+].[Na+].[Na+]. The Labute approximate surface area is 847 Å². The van der Waals surface area contributed by atoms with Crippen molar-refractivity contribution < 1.29 is 502 Å². The third-order valence-corrected chi connectivity index (χ3v) is 18.2. The summed E-state index contributed by atoms with van der Waals surface area (Å²) in [5, 5.41) is 133. The van der Waals surface area contributed by atoms with Crippen LogP contribution in [0.25, 0.3) is 0 Å². The van der Waals surface area contributed by atoms with E-state index in [0.29, 0.717) is 26.2 Å². The number of ether oxygens (including phenoxy) is 12. The average Bonchev–Trinajstić information content (AvgIpc) is 0.760. The van der Waals surface area contributed by atoms with Crippen molar-refractivity contribution in [2.45, 2.75) is 224 Å². The molecule has 0 spiro atoms. The number of nitrogens with one attached hydrogen (secondary N) is 3. The van der Waals surface area contributed by atoms with E-state index in [1.807, 2.05) is 5.32 Å². The summed E-state index contributed by atoms with van der Waals surface area (Å²) in [5.74, 6) is -10.0. The van der Waals surface area contributed by atoms with Gasteiger partial charge in [0.2, 0.25) is 63.8 Å². The summed E-state index contributed by atoms with van der Waals surface area (Å²) in [6.45, 7) is -2.04. The summed E-state index contributed by atoms with van der Waals surface area (Å²) in [7, 11) is -36.6. The molecule has 0 aromatic carbocycles. The molecule has 6 heterocycles. The molecule has 2 amide bonds. The van der Waals surface area contributed by atoms with E-state index in [1.165, 1.54) is 0 Å². The zero-order chi connectivity index (χ0) is 79.3. The molecule has 0 bridgehead atoms. The van der Waals surface area contributed by atoms with Crippen LogP contribution in [-0.4, -0.2) is 359 Å². The van der Waals surface area contributed by atoms with Crippen molar-refractivity contribution in [3.63, 3.8) is 0 Å². The molecule has 11 N–H and O–H groups in total. The molecule has 6 fully saturated rings. The number of carboxylic acids is 3. The fraction of sp³-hybridized carbons (Fsp3) is 0.889. The largest absolute Gasteiger partial charge is 1.00 e. The molecule has 6 aliphatic rings. The maximum atomic E-state index is 13.1. The van der Waals surface area contributed by atoms with Crippen molar-refractivity contribution in [3.05, 3.63) is 0 Å². The van der Waals surface area contributed by atoms with Gasteiger partial charge in [0.15, 0.2) is 60.3 Å². The van der Waals surface area contributed by atoms with Gasteiger partial charge < -0.3 is 165 Å². The first-order valence-corrected chi connectivity index (χ1v) is 37.5. The Bertz CT molecular complexity index is 3750. The smallest absolute Gasteiger partial charge is 0.735 e. The minimum Gasteiger partial charge on any atom is -0.735 e. The fourth-order valence-electron chi connectivity index (χ4n) is 11.1. The van der Waals surface area contributed by atoms with Crippen molar-refractivity contribution in [1.82, 2.24) is 15.4 Å². The van der Waals surface area contributed by atoms with E-state index in [9.17, 15) is 158 Å². The van der Waals surface area contributed by atoms with Crippen LogP contribution in [0.15, 0.2) is 0 Å². The maximum Gasteiger partial charge on any atom is 1.00 e. The second kappa shape index (κ2) is 53.8. The third-order valence-electron chi connectivity index (χ3n) is 15.4. The molecule has 54 nitrogen and oxygen atoms in total. The van der Waals surface area contributed by atoms with Gasteiger partial charge in [-0.05, 0) is 6.42 Å². The summed E-state index contributed by atoms with van der Waals surface area (Å²) in [5.41, 5.74) is 0. The second-order valence-electron chi connectivity index (χ2n) is 22.9. The van der Waals surface area contributed by atoms with E-state index in [0.717, 1.165) is 11.6 Å². The minimum atomic E-state index is -6.50. The number of aliphatic hydroxyl groups is 8. The van der Waals surface area contributed by atoms with Crippen LogP contribution in [0, 0.1) is 0 Å². The number of carboxylic acid groups (broad SMARTS) is 3. The number of carbonyl (C=O) groups is 5. The molecular weight excluding hydrogens is 1800 g/mol. The third kappa shape index (κ3) is 37.7. The van der Waals surface area contributed by atoms with E-state index in [2.05, 4.69) is 26.2 Å². The van der Waals surface area contributed by atoms with Crippen molar-refractivity contribution in [2.24, 2.45) is 0 Å². The number of aliphatic carboxylic acids is 3. The fourth-order valence-corrected chi connectivity index (χ4v) is 13.5. The molecule has 6 rings (SSSR count). The molecule has 0 aromatic heterocycles. The zero-order valence-electron chi connectivity index (χ0n) is 61.9. The van der Waals surface area contributed by atoms with Gasteiger partial charge in [-0.2, -0.15) is 0 Å². The Balaban J connectivity index is -0.00000672. The van der Waals surface area contributed by atoms with E-state index >= 15 is 0 Å². The van der Waals surface area contributed by atoms with Crippen molar-refractivity contribution in [3.8, 4) is 0 Å². The Morgan fingerprint density at radius 1 is 0.351 bits per heavy atom. The van der Waals surface area contributed by atoms with Gasteiger partial charge in [-0.1, -0.05) is 19.8 Å². The Morgan fingerprint density at radius 2 is 0.658 bits per heavy atom.